The molecule has 0 radical (unpaired) electrons. The van der Waals surface area contributed by atoms with Crippen molar-refractivity contribution in [2.45, 2.75) is 6.54 Å². The van der Waals surface area contributed by atoms with Gasteiger partial charge in [-0.05, 0) is 36.9 Å². The number of hydrogen-bond donors (Lipinski definition) is 1. The van der Waals surface area contributed by atoms with Gasteiger partial charge in [0.1, 0.15) is 5.82 Å². The number of nitrogens with one attached hydrogen (secondary N) is 1. The molecule has 2 aromatic rings. The fraction of sp³-hybridized carbons (Fsp3) is 0.286. The van der Waals surface area contributed by atoms with Gasteiger partial charge in [0.15, 0.2) is 0 Å². The van der Waals surface area contributed by atoms with Crippen LogP contribution in [0.15, 0.2) is 54.6 Å². The Hall–Kier alpha value is -2.50. The largest absolute Gasteiger partial charge is 0.323 e. The average molecular weight is 353 g/mol. The van der Waals surface area contributed by atoms with Gasteiger partial charge in [0.2, 0.25) is 5.91 Å². The number of anilines is 1. The summed E-state index contributed by atoms with van der Waals surface area (Å²) in [7, 11) is 2.14. The van der Waals surface area contributed by atoms with Gasteiger partial charge in [0.05, 0.1) is 0 Å². The van der Waals surface area contributed by atoms with Gasteiger partial charge in [0, 0.05) is 50.1 Å². The zero-order valence-electron chi connectivity index (χ0n) is 15.0. The molecule has 1 aliphatic rings. The first kappa shape index (κ1) is 18.3. The fourth-order valence-corrected chi connectivity index (χ4v) is 2.97. The maximum atomic E-state index is 13.6. The number of halogens is 1. The minimum Gasteiger partial charge on any atom is -0.323 e. The smallest absolute Gasteiger partial charge is 0.248 e. The average Bonchev–Trinajstić information content (AvgIpc) is 2.63. The van der Waals surface area contributed by atoms with E-state index in [1.165, 1.54) is 23.8 Å². The molecule has 2 aromatic carbocycles. The molecule has 0 spiro atoms. The first-order valence-corrected chi connectivity index (χ1v) is 8.83. The summed E-state index contributed by atoms with van der Waals surface area (Å²) in [6.45, 7) is 5.15. The molecule has 1 fully saturated rings. The molecular weight excluding hydrogens is 329 g/mol. The lowest BCUT2D eigenvalue weighted by Gasteiger charge is -2.32. The number of hydrogen-bond acceptors (Lipinski definition) is 3. The molecule has 1 aliphatic heterocycles. The van der Waals surface area contributed by atoms with Crippen molar-refractivity contribution in [1.82, 2.24) is 9.80 Å². The van der Waals surface area contributed by atoms with E-state index in [4.69, 9.17) is 0 Å². The van der Waals surface area contributed by atoms with Gasteiger partial charge in [0.25, 0.3) is 0 Å². The number of likely N-dealkylation sites (N-methyl/N-ethyl adjacent to an activating group) is 1. The topological polar surface area (TPSA) is 35.6 Å². The van der Waals surface area contributed by atoms with E-state index in [1.807, 2.05) is 18.2 Å². The Morgan fingerprint density at radius 2 is 1.88 bits per heavy atom. The van der Waals surface area contributed by atoms with Gasteiger partial charge in [-0.1, -0.05) is 30.3 Å². The van der Waals surface area contributed by atoms with E-state index >= 15 is 0 Å². The number of rotatable bonds is 5. The Morgan fingerprint density at radius 1 is 1.12 bits per heavy atom. The number of piperazine rings is 1. The summed E-state index contributed by atoms with van der Waals surface area (Å²) >= 11 is 0. The lowest BCUT2D eigenvalue weighted by Crippen LogP contribution is -2.43. The van der Waals surface area contributed by atoms with Crippen LogP contribution in [0.5, 0.6) is 0 Å². The molecule has 1 amide bonds. The van der Waals surface area contributed by atoms with Gasteiger partial charge in [-0.15, -0.1) is 0 Å². The van der Waals surface area contributed by atoms with Crippen molar-refractivity contribution in [2.24, 2.45) is 0 Å². The molecule has 26 heavy (non-hydrogen) atoms. The van der Waals surface area contributed by atoms with Gasteiger partial charge in [-0.3, -0.25) is 9.69 Å². The lowest BCUT2D eigenvalue weighted by atomic mass is 10.1. The zero-order valence-corrected chi connectivity index (χ0v) is 15.0. The van der Waals surface area contributed by atoms with E-state index in [0.717, 1.165) is 38.4 Å². The molecule has 1 N–H and O–H groups in total. The summed E-state index contributed by atoms with van der Waals surface area (Å²) in [5.41, 5.74) is 2.32. The number of carbonyl (C=O) groups is 1. The van der Waals surface area contributed by atoms with Crippen LogP contribution in [0.4, 0.5) is 10.1 Å². The molecule has 3 rings (SSSR count). The predicted molar refractivity (Wildman–Crippen MR) is 103 cm³/mol. The molecule has 0 saturated carbocycles. The van der Waals surface area contributed by atoms with Gasteiger partial charge < -0.3 is 10.2 Å². The molecule has 1 saturated heterocycles. The van der Waals surface area contributed by atoms with E-state index in [1.54, 1.807) is 18.2 Å². The summed E-state index contributed by atoms with van der Waals surface area (Å²) in [6.07, 6.45) is 2.84. The van der Waals surface area contributed by atoms with Crippen LogP contribution >= 0.6 is 0 Å². The fourth-order valence-electron chi connectivity index (χ4n) is 2.97. The van der Waals surface area contributed by atoms with Crippen molar-refractivity contribution in [1.29, 1.82) is 0 Å². The second-order valence-corrected chi connectivity index (χ2v) is 6.62. The van der Waals surface area contributed by atoms with Crippen LogP contribution in [0.3, 0.4) is 0 Å². The molecule has 4 nitrogen and oxygen atoms in total. The zero-order chi connectivity index (χ0) is 18.4. The second kappa shape index (κ2) is 8.74. The maximum Gasteiger partial charge on any atom is 0.248 e. The van der Waals surface area contributed by atoms with Gasteiger partial charge >= 0.3 is 0 Å². The Morgan fingerprint density at radius 3 is 2.65 bits per heavy atom. The number of carbonyl (C=O) groups excluding carboxylic acids is 1. The summed E-state index contributed by atoms with van der Waals surface area (Å²) in [4.78, 5) is 16.8. The Kier molecular flexibility index (Phi) is 6.15. The van der Waals surface area contributed by atoms with Crippen molar-refractivity contribution in [3.63, 3.8) is 0 Å². The van der Waals surface area contributed by atoms with Crippen molar-refractivity contribution in [3.8, 4) is 0 Å². The molecule has 136 valence electrons. The van der Waals surface area contributed by atoms with E-state index in [-0.39, 0.29) is 11.7 Å². The SMILES string of the molecule is CN1CCN(Cc2cccc(NC(=O)C=Cc3ccccc3F)c2)CC1. The first-order chi connectivity index (χ1) is 12.6. The predicted octanol–water partition coefficient (Wildman–Crippen LogP) is 3.23. The normalized spacial score (nSPS) is 16.1. The quantitative estimate of drug-likeness (QED) is 0.839. The van der Waals surface area contributed by atoms with Crippen LogP contribution in [0, 0.1) is 5.82 Å². The summed E-state index contributed by atoms with van der Waals surface area (Å²) < 4.78 is 13.6. The molecule has 5 heteroatoms. The molecular formula is C21H24FN3O. The molecule has 0 aliphatic carbocycles. The first-order valence-electron chi connectivity index (χ1n) is 8.83. The van der Waals surface area contributed by atoms with Crippen LogP contribution in [0.2, 0.25) is 0 Å². The van der Waals surface area contributed by atoms with Crippen LogP contribution in [0.1, 0.15) is 11.1 Å². The standard InChI is InChI=1S/C21H24FN3O/c1-24-11-13-25(14-12-24)16-17-5-4-7-19(15-17)23-21(26)10-9-18-6-2-3-8-20(18)22/h2-10,15H,11-14,16H2,1H3,(H,23,26). The number of nitrogens with zero attached hydrogens (tertiary/aromatic N) is 2. The Labute approximate surface area is 153 Å². The maximum absolute atomic E-state index is 13.6. The van der Waals surface area contributed by atoms with Crippen molar-refractivity contribution >= 4 is 17.7 Å². The van der Waals surface area contributed by atoms with Crippen molar-refractivity contribution < 1.29 is 9.18 Å². The highest BCUT2D eigenvalue weighted by Gasteiger charge is 2.13. The molecule has 0 atom stereocenters. The van der Waals surface area contributed by atoms with Crippen LogP contribution < -0.4 is 5.32 Å². The molecule has 0 aromatic heterocycles. The van der Waals surface area contributed by atoms with E-state index in [0.29, 0.717) is 5.56 Å². The second-order valence-electron chi connectivity index (χ2n) is 6.62. The van der Waals surface area contributed by atoms with E-state index in [9.17, 15) is 9.18 Å². The summed E-state index contributed by atoms with van der Waals surface area (Å²) in [6, 6.07) is 14.2. The minimum atomic E-state index is -0.342. The molecule has 0 unspecified atom stereocenters. The van der Waals surface area contributed by atoms with Gasteiger partial charge in [-0.2, -0.15) is 0 Å². The third-order valence-corrected chi connectivity index (χ3v) is 4.52. The Balaban J connectivity index is 1.58. The highest BCUT2D eigenvalue weighted by molar-refractivity contribution is 6.01. The van der Waals surface area contributed by atoms with Crippen LogP contribution in [-0.2, 0) is 11.3 Å². The van der Waals surface area contributed by atoms with Crippen LogP contribution in [-0.4, -0.2) is 48.9 Å². The minimum absolute atomic E-state index is 0.273. The van der Waals surface area contributed by atoms with Crippen molar-refractivity contribution in [2.75, 3.05) is 38.5 Å². The van der Waals surface area contributed by atoms with E-state index < -0.39 is 0 Å². The highest BCUT2D eigenvalue weighted by Crippen LogP contribution is 2.14. The highest BCUT2D eigenvalue weighted by atomic mass is 19.1. The summed E-state index contributed by atoms with van der Waals surface area (Å²) in [5, 5.41) is 2.84. The molecule has 1 heterocycles. The third kappa shape index (κ3) is 5.25. The Bertz CT molecular complexity index is 782. The molecule has 0 bridgehead atoms. The number of amides is 1. The monoisotopic (exact) mass is 353 g/mol. The summed E-state index contributed by atoms with van der Waals surface area (Å²) in [5.74, 6) is -0.615. The third-order valence-electron chi connectivity index (χ3n) is 4.52. The lowest BCUT2D eigenvalue weighted by molar-refractivity contribution is -0.111. The van der Waals surface area contributed by atoms with Crippen LogP contribution in [0.25, 0.3) is 6.08 Å². The van der Waals surface area contributed by atoms with Gasteiger partial charge in [-0.25, -0.2) is 4.39 Å². The van der Waals surface area contributed by atoms with E-state index in [2.05, 4.69) is 28.2 Å². The van der Waals surface area contributed by atoms with Crippen molar-refractivity contribution in [3.05, 3.63) is 71.6 Å². The number of benzene rings is 2.